The first-order chi connectivity index (χ1) is 10.6. The average Bonchev–Trinajstić information content (AvgIpc) is 2.50. The summed E-state index contributed by atoms with van der Waals surface area (Å²) >= 11 is 12.2. The van der Waals surface area contributed by atoms with Crippen LogP contribution in [0.2, 0.25) is 0 Å². The maximum atomic E-state index is 5.31. The molecule has 0 aliphatic rings. The molecule has 0 radical (unpaired) electrons. The lowest BCUT2D eigenvalue weighted by Gasteiger charge is -2.12. The smallest absolute Gasteiger partial charge is 0.171 e. The monoisotopic (exact) mass is 441 g/mol. The highest BCUT2D eigenvalue weighted by molar-refractivity contribution is 9.11. The van der Waals surface area contributed by atoms with Crippen LogP contribution in [0.4, 0.5) is 5.82 Å². The number of nitrogens with zero attached hydrogens (tertiary/aromatic N) is 1. The Labute approximate surface area is 153 Å². The van der Waals surface area contributed by atoms with Crippen LogP contribution in [0.5, 0.6) is 0 Å². The summed E-state index contributed by atoms with van der Waals surface area (Å²) < 4.78 is 1.84. The van der Waals surface area contributed by atoms with Gasteiger partial charge < -0.3 is 10.6 Å². The Kier molecular flexibility index (Phi) is 6.79. The number of nitrogens with one attached hydrogen (secondary N) is 2. The predicted molar refractivity (Wildman–Crippen MR) is 103 cm³/mol. The van der Waals surface area contributed by atoms with Crippen molar-refractivity contribution in [2.45, 2.75) is 19.8 Å². The number of hydrogen-bond acceptors (Lipinski definition) is 2. The van der Waals surface area contributed by atoms with E-state index in [1.165, 1.54) is 5.56 Å². The summed E-state index contributed by atoms with van der Waals surface area (Å²) in [5.41, 5.74) is 2.26. The summed E-state index contributed by atoms with van der Waals surface area (Å²) in [5.74, 6) is 0.723. The number of pyridine rings is 1. The van der Waals surface area contributed by atoms with Gasteiger partial charge in [-0.05, 0) is 75.5 Å². The van der Waals surface area contributed by atoms with Crippen molar-refractivity contribution in [2.24, 2.45) is 0 Å². The zero-order chi connectivity index (χ0) is 15.9. The van der Waals surface area contributed by atoms with Crippen molar-refractivity contribution in [1.29, 1.82) is 0 Å². The van der Waals surface area contributed by atoms with E-state index in [9.17, 15) is 0 Å². The molecule has 0 atom stereocenters. The highest BCUT2D eigenvalue weighted by atomic mass is 79.9. The number of aryl methyl sites for hydroxylation is 2. The van der Waals surface area contributed by atoms with Crippen molar-refractivity contribution >= 4 is 55.0 Å². The molecule has 0 amide bonds. The van der Waals surface area contributed by atoms with Crippen LogP contribution in [0, 0.1) is 6.92 Å². The number of halogens is 2. The van der Waals surface area contributed by atoms with Crippen LogP contribution in [-0.2, 0) is 6.42 Å². The third-order valence-electron chi connectivity index (χ3n) is 3.11. The lowest BCUT2D eigenvalue weighted by molar-refractivity contribution is 0.777. The molecule has 0 bridgehead atoms. The highest BCUT2D eigenvalue weighted by Crippen LogP contribution is 2.26. The van der Waals surface area contributed by atoms with Crippen LogP contribution in [0.25, 0.3) is 0 Å². The Morgan fingerprint density at radius 3 is 2.64 bits per heavy atom. The van der Waals surface area contributed by atoms with Crippen molar-refractivity contribution in [3.05, 3.63) is 56.6 Å². The summed E-state index contributed by atoms with van der Waals surface area (Å²) in [7, 11) is 0. The molecule has 2 aromatic rings. The zero-order valence-corrected chi connectivity index (χ0v) is 16.2. The van der Waals surface area contributed by atoms with E-state index in [4.69, 9.17) is 12.2 Å². The fourth-order valence-corrected chi connectivity index (χ4v) is 3.18. The lowest BCUT2D eigenvalue weighted by atomic mass is 10.1. The standard InChI is InChI=1S/C16H17Br2N3S/c1-11-13(17)10-14(18)15(20-11)21-16(22)19-9-5-8-12-6-3-2-4-7-12/h2-4,6-7,10H,5,8-9H2,1H3,(H2,19,20,21,22). The number of thiocarbonyl (C=S) groups is 1. The SMILES string of the molecule is Cc1nc(NC(=S)NCCCc2ccccc2)c(Br)cc1Br. The third-order valence-corrected chi connectivity index (χ3v) is 4.76. The van der Waals surface area contributed by atoms with Crippen molar-refractivity contribution in [3.63, 3.8) is 0 Å². The van der Waals surface area contributed by atoms with Gasteiger partial charge in [0.2, 0.25) is 0 Å². The van der Waals surface area contributed by atoms with Gasteiger partial charge in [-0.3, -0.25) is 0 Å². The fourth-order valence-electron chi connectivity index (χ4n) is 1.94. The Balaban J connectivity index is 1.77. The second-order valence-corrected chi connectivity index (χ2v) is 6.97. The zero-order valence-electron chi connectivity index (χ0n) is 12.2. The highest BCUT2D eigenvalue weighted by Gasteiger charge is 2.07. The van der Waals surface area contributed by atoms with E-state index in [-0.39, 0.29) is 0 Å². The first kappa shape index (κ1) is 17.4. The number of benzene rings is 1. The van der Waals surface area contributed by atoms with Crippen LogP contribution in [0.1, 0.15) is 17.7 Å². The van der Waals surface area contributed by atoms with Gasteiger partial charge in [0.05, 0.1) is 10.2 Å². The summed E-state index contributed by atoms with van der Waals surface area (Å²) in [6.45, 7) is 2.77. The minimum absolute atomic E-state index is 0.586. The van der Waals surface area contributed by atoms with Gasteiger partial charge in [-0.25, -0.2) is 4.98 Å². The molecule has 0 fully saturated rings. The average molecular weight is 443 g/mol. The quantitative estimate of drug-likeness (QED) is 0.513. The summed E-state index contributed by atoms with van der Waals surface area (Å²) in [6, 6.07) is 12.4. The molecule has 2 N–H and O–H groups in total. The largest absolute Gasteiger partial charge is 0.362 e. The molecule has 1 heterocycles. The molecule has 3 nitrogen and oxygen atoms in total. The Bertz CT molecular complexity index is 647. The molecular weight excluding hydrogens is 426 g/mol. The molecule has 1 aromatic carbocycles. The van der Waals surface area contributed by atoms with E-state index < -0.39 is 0 Å². The maximum absolute atomic E-state index is 5.31. The Morgan fingerprint density at radius 1 is 1.18 bits per heavy atom. The van der Waals surface area contributed by atoms with E-state index in [0.717, 1.165) is 39.8 Å². The molecule has 0 spiro atoms. The van der Waals surface area contributed by atoms with Gasteiger partial charge in [0, 0.05) is 11.0 Å². The molecule has 2 rings (SSSR count). The van der Waals surface area contributed by atoms with Gasteiger partial charge in [-0.2, -0.15) is 0 Å². The van der Waals surface area contributed by atoms with E-state index in [2.05, 4.69) is 71.7 Å². The number of hydrogen-bond donors (Lipinski definition) is 2. The summed E-state index contributed by atoms with van der Waals surface area (Å²) in [4.78, 5) is 4.46. The molecule has 0 unspecified atom stereocenters. The predicted octanol–water partition coefficient (Wildman–Crippen LogP) is 4.83. The number of anilines is 1. The van der Waals surface area contributed by atoms with Gasteiger partial charge in [0.15, 0.2) is 5.11 Å². The Hall–Kier alpha value is -0.980. The Morgan fingerprint density at radius 2 is 1.91 bits per heavy atom. The second-order valence-electron chi connectivity index (χ2n) is 4.86. The molecule has 0 saturated heterocycles. The summed E-state index contributed by atoms with van der Waals surface area (Å²) in [5, 5.41) is 6.91. The van der Waals surface area contributed by atoms with E-state index in [1.54, 1.807) is 0 Å². The minimum Gasteiger partial charge on any atom is -0.362 e. The van der Waals surface area contributed by atoms with E-state index in [1.807, 2.05) is 19.1 Å². The second kappa shape index (κ2) is 8.60. The van der Waals surface area contributed by atoms with Gasteiger partial charge in [0.25, 0.3) is 0 Å². The van der Waals surface area contributed by atoms with Crippen molar-refractivity contribution in [1.82, 2.24) is 10.3 Å². The molecular formula is C16H17Br2N3S. The molecule has 0 aliphatic carbocycles. The molecule has 0 saturated carbocycles. The first-order valence-electron chi connectivity index (χ1n) is 6.97. The van der Waals surface area contributed by atoms with Crippen LogP contribution >= 0.6 is 44.1 Å². The van der Waals surface area contributed by atoms with E-state index >= 15 is 0 Å². The first-order valence-corrected chi connectivity index (χ1v) is 8.97. The van der Waals surface area contributed by atoms with Gasteiger partial charge in [0.1, 0.15) is 5.82 Å². The van der Waals surface area contributed by atoms with Crippen LogP contribution in [0.3, 0.4) is 0 Å². The number of aromatic nitrogens is 1. The topological polar surface area (TPSA) is 37.0 Å². The lowest BCUT2D eigenvalue weighted by Crippen LogP contribution is -2.30. The van der Waals surface area contributed by atoms with Crippen LogP contribution in [0.15, 0.2) is 45.3 Å². The summed E-state index contributed by atoms with van der Waals surface area (Å²) in [6.07, 6.45) is 2.07. The maximum Gasteiger partial charge on any atom is 0.171 e. The van der Waals surface area contributed by atoms with Gasteiger partial charge in [-0.15, -0.1) is 0 Å². The van der Waals surface area contributed by atoms with E-state index in [0.29, 0.717) is 5.11 Å². The normalized spacial score (nSPS) is 10.3. The molecule has 1 aromatic heterocycles. The van der Waals surface area contributed by atoms with Crippen LogP contribution < -0.4 is 10.6 Å². The van der Waals surface area contributed by atoms with Crippen molar-refractivity contribution in [2.75, 3.05) is 11.9 Å². The van der Waals surface area contributed by atoms with Gasteiger partial charge >= 0.3 is 0 Å². The van der Waals surface area contributed by atoms with Crippen molar-refractivity contribution < 1.29 is 0 Å². The number of rotatable bonds is 5. The molecule has 6 heteroatoms. The minimum atomic E-state index is 0.586. The van der Waals surface area contributed by atoms with Crippen LogP contribution in [-0.4, -0.2) is 16.6 Å². The van der Waals surface area contributed by atoms with Crippen molar-refractivity contribution in [3.8, 4) is 0 Å². The third kappa shape index (κ3) is 5.34. The molecule has 0 aliphatic heterocycles. The molecule has 116 valence electrons. The molecule has 22 heavy (non-hydrogen) atoms. The fraction of sp³-hybridized carbons (Fsp3) is 0.250. The van der Waals surface area contributed by atoms with Gasteiger partial charge in [-0.1, -0.05) is 30.3 Å².